The largest absolute Gasteiger partial charge is 0.411 e. The molecule has 1 aromatic carbocycles. The van der Waals surface area contributed by atoms with E-state index in [-0.39, 0.29) is 18.6 Å². The maximum absolute atomic E-state index is 11.6. The van der Waals surface area contributed by atoms with Crippen LogP contribution in [0.15, 0.2) is 44.0 Å². The summed E-state index contributed by atoms with van der Waals surface area (Å²) in [5.41, 5.74) is 2.46. The molecule has 0 aliphatic heterocycles. The molecule has 35 heavy (non-hydrogen) atoms. The van der Waals surface area contributed by atoms with Gasteiger partial charge in [-0.25, -0.2) is 0 Å². The molecule has 0 fully saturated rings. The average Bonchev–Trinajstić information content (AvgIpc) is 3.27. The van der Waals surface area contributed by atoms with Crippen molar-refractivity contribution in [3.05, 3.63) is 29.8 Å². The maximum atomic E-state index is 11.6. The first-order chi connectivity index (χ1) is 16.9. The van der Waals surface area contributed by atoms with Crippen LogP contribution in [0.5, 0.6) is 0 Å². The maximum Gasteiger partial charge on any atom is 0.277 e. The van der Waals surface area contributed by atoms with Gasteiger partial charge in [-0.1, -0.05) is 37.7 Å². The molecule has 1 amide bonds. The molecule has 0 saturated carbocycles. The fourth-order valence-electron chi connectivity index (χ4n) is 2.78. The highest BCUT2D eigenvalue weighted by molar-refractivity contribution is 7.99. The number of amides is 1. The van der Waals surface area contributed by atoms with Gasteiger partial charge in [-0.05, 0) is 38.0 Å². The summed E-state index contributed by atoms with van der Waals surface area (Å²) in [4.78, 5) is 15.9. The van der Waals surface area contributed by atoms with Crippen molar-refractivity contribution in [3.8, 4) is 11.5 Å². The van der Waals surface area contributed by atoms with Crippen LogP contribution in [0.2, 0.25) is 0 Å². The zero-order chi connectivity index (χ0) is 25.5. The number of thioether (sulfide) groups is 1. The first kappa shape index (κ1) is 28.5. The lowest BCUT2D eigenvalue weighted by atomic mass is 10.1. The second-order valence-electron chi connectivity index (χ2n) is 8.32. The van der Waals surface area contributed by atoms with E-state index in [0.29, 0.717) is 54.9 Å². The predicted molar refractivity (Wildman–Crippen MR) is 139 cm³/mol. The first-order valence-electron chi connectivity index (χ1n) is 11.7. The summed E-state index contributed by atoms with van der Waals surface area (Å²) in [5.74, 6) is 5.84. The number of aliphatic imine (C=N–C) groups is 1. The number of hydrogen-bond acceptors (Lipinski definition) is 10. The van der Waals surface area contributed by atoms with E-state index in [0.717, 1.165) is 17.5 Å². The second kappa shape index (κ2) is 16.0. The normalized spacial score (nSPS) is 12.2. The van der Waals surface area contributed by atoms with Crippen molar-refractivity contribution in [1.29, 1.82) is 0 Å². The Hall–Kier alpha value is -2.76. The van der Waals surface area contributed by atoms with Crippen LogP contribution in [-0.4, -0.2) is 65.7 Å². The third-order valence-corrected chi connectivity index (χ3v) is 5.21. The summed E-state index contributed by atoms with van der Waals surface area (Å²) in [6, 6.07) is 8.00. The van der Waals surface area contributed by atoms with E-state index in [2.05, 4.69) is 39.5 Å². The number of benzene rings is 1. The van der Waals surface area contributed by atoms with Gasteiger partial charge in [-0.3, -0.25) is 9.79 Å². The topological polar surface area (TPSA) is 137 Å². The van der Waals surface area contributed by atoms with E-state index in [1.807, 2.05) is 38.1 Å². The Morgan fingerprint density at radius 3 is 2.63 bits per heavy atom. The molecule has 192 valence electrons. The van der Waals surface area contributed by atoms with Crippen LogP contribution >= 0.6 is 11.8 Å². The fraction of sp³-hybridized carbons (Fsp3) is 0.542. The number of carbonyl (C=O) groups is 1. The van der Waals surface area contributed by atoms with Crippen molar-refractivity contribution in [3.63, 3.8) is 0 Å². The molecule has 0 aliphatic rings. The Bertz CT molecular complexity index is 944. The van der Waals surface area contributed by atoms with Gasteiger partial charge in [0.2, 0.25) is 11.8 Å². The highest BCUT2D eigenvalue weighted by Crippen LogP contribution is 2.25. The van der Waals surface area contributed by atoms with E-state index in [1.165, 1.54) is 0 Å². The average molecular weight is 505 g/mol. The van der Waals surface area contributed by atoms with E-state index < -0.39 is 0 Å². The van der Waals surface area contributed by atoms with Crippen molar-refractivity contribution in [2.45, 2.75) is 63.7 Å². The summed E-state index contributed by atoms with van der Waals surface area (Å²) < 4.78 is 16.9. The molecule has 0 atom stereocenters. The van der Waals surface area contributed by atoms with Gasteiger partial charge < -0.3 is 25.1 Å². The summed E-state index contributed by atoms with van der Waals surface area (Å²) in [5, 5.41) is 15.6. The Morgan fingerprint density at radius 1 is 1.17 bits per heavy atom. The molecule has 11 heteroatoms. The van der Waals surface area contributed by atoms with E-state index in [1.54, 1.807) is 18.0 Å². The monoisotopic (exact) mass is 504 g/mol. The van der Waals surface area contributed by atoms with Crippen LogP contribution in [0.4, 0.5) is 0 Å². The van der Waals surface area contributed by atoms with Gasteiger partial charge in [0.15, 0.2) is 0 Å². The highest BCUT2D eigenvalue weighted by atomic mass is 32.2. The van der Waals surface area contributed by atoms with Crippen LogP contribution in [0.3, 0.4) is 0 Å². The molecule has 0 spiro atoms. The van der Waals surface area contributed by atoms with Crippen molar-refractivity contribution in [2.24, 2.45) is 15.9 Å². The van der Waals surface area contributed by atoms with E-state index in [4.69, 9.17) is 19.7 Å². The molecular formula is C24H36N6O4S. The van der Waals surface area contributed by atoms with E-state index >= 15 is 0 Å². The van der Waals surface area contributed by atoms with Crippen molar-refractivity contribution >= 4 is 29.6 Å². The minimum absolute atomic E-state index is 0.0439. The summed E-state index contributed by atoms with van der Waals surface area (Å²) in [6.07, 6.45) is 2.65. The van der Waals surface area contributed by atoms with Crippen LogP contribution < -0.4 is 11.2 Å². The number of carbonyl (C=O) groups excluding carboxylic acids is 1. The number of nitrogens with two attached hydrogens (primary N) is 1. The Morgan fingerprint density at radius 2 is 1.94 bits per heavy atom. The number of ether oxygens (including phenoxy) is 2. The zero-order valence-corrected chi connectivity index (χ0v) is 21.7. The van der Waals surface area contributed by atoms with Gasteiger partial charge in [0.05, 0.1) is 19.8 Å². The SMILES string of the molecule is CC(C)NC(=O)CCOC/C(C=NCCCOCc1ccc(-c2nnc(SC(C)C)o2)cc1)=N/N. The Kier molecular flexibility index (Phi) is 13.0. The molecule has 0 radical (unpaired) electrons. The quantitative estimate of drug-likeness (QED) is 0.117. The molecule has 1 aromatic heterocycles. The third-order valence-electron chi connectivity index (χ3n) is 4.37. The molecule has 0 unspecified atom stereocenters. The van der Waals surface area contributed by atoms with Crippen molar-refractivity contribution in [2.75, 3.05) is 26.4 Å². The van der Waals surface area contributed by atoms with Crippen LogP contribution in [0.25, 0.3) is 11.5 Å². The smallest absolute Gasteiger partial charge is 0.277 e. The zero-order valence-electron chi connectivity index (χ0n) is 20.9. The third kappa shape index (κ3) is 12.0. The van der Waals surface area contributed by atoms with Crippen LogP contribution in [0.1, 0.15) is 46.1 Å². The van der Waals surface area contributed by atoms with Gasteiger partial charge in [-0.2, -0.15) is 5.10 Å². The van der Waals surface area contributed by atoms with Crippen LogP contribution in [0, 0.1) is 0 Å². The molecule has 0 bridgehead atoms. The Balaban J connectivity index is 1.59. The minimum Gasteiger partial charge on any atom is -0.411 e. The number of hydrazone groups is 1. The Labute approximate surface area is 211 Å². The molecule has 2 aromatic rings. The van der Waals surface area contributed by atoms with Crippen molar-refractivity contribution in [1.82, 2.24) is 15.5 Å². The van der Waals surface area contributed by atoms with Gasteiger partial charge in [0.25, 0.3) is 5.22 Å². The molecule has 10 nitrogen and oxygen atoms in total. The number of hydrogen-bond donors (Lipinski definition) is 2. The first-order valence-corrected chi connectivity index (χ1v) is 12.6. The lowest BCUT2D eigenvalue weighted by Gasteiger charge is -2.08. The van der Waals surface area contributed by atoms with Crippen molar-refractivity contribution < 1.29 is 18.7 Å². The summed E-state index contributed by atoms with van der Waals surface area (Å²) in [6.45, 7) is 10.2. The lowest BCUT2D eigenvalue weighted by Crippen LogP contribution is -2.31. The number of nitrogens with zero attached hydrogens (tertiary/aromatic N) is 4. The second-order valence-corrected chi connectivity index (χ2v) is 9.85. The van der Waals surface area contributed by atoms with Crippen LogP contribution in [-0.2, 0) is 20.9 Å². The van der Waals surface area contributed by atoms with Gasteiger partial charge >= 0.3 is 0 Å². The minimum atomic E-state index is -0.0439. The number of aromatic nitrogens is 2. The van der Waals surface area contributed by atoms with Gasteiger partial charge in [-0.15, -0.1) is 10.2 Å². The van der Waals surface area contributed by atoms with E-state index in [9.17, 15) is 4.79 Å². The molecule has 1 heterocycles. The molecule has 2 rings (SSSR count). The molecule has 0 saturated heterocycles. The molecule has 3 N–H and O–H groups in total. The number of nitrogens with one attached hydrogen (secondary N) is 1. The molecular weight excluding hydrogens is 468 g/mol. The standard InChI is InChI=1S/C24H36N6O4S/c1-17(2)27-22(31)10-13-33-16-21(28-25)14-26-11-5-12-32-15-19-6-8-20(9-7-19)23-29-30-24(34-23)35-18(3)4/h6-9,14,17-18H,5,10-13,15-16,25H2,1-4H3,(H,27,31)/b26-14?,28-21+. The summed E-state index contributed by atoms with van der Waals surface area (Å²) >= 11 is 1.54. The molecule has 0 aliphatic carbocycles. The van der Waals surface area contributed by atoms with Gasteiger partial charge in [0.1, 0.15) is 5.71 Å². The number of rotatable bonds is 16. The predicted octanol–water partition coefficient (Wildman–Crippen LogP) is 3.46. The lowest BCUT2D eigenvalue weighted by molar-refractivity contribution is -0.122. The summed E-state index contributed by atoms with van der Waals surface area (Å²) in [7, 11) is 0. The highest BCUT2D eigenvalue weighted by Gasteiger charge is 2.10. The fourth-order valence-corrected chi connectivity index (χ4v) is 3.40. The van der Waals surface area contributed by atoms with Gasteiger partial charge in [0, 0.05) is 42.6 Å².